The van der Waals surface area contributed by atoms with Crippen molar-refractivity contribution < 1.29 is 9.59 Å². The first-order valence-electron chi connectivity index (χ1n) is 7.67. The van der Waals surface area contributed by atoms with E-state index in [9.17, 15) is 9.59 Å². The highest BCUT2D eigenvalue weighted by atomic mass is 16.2. The van der Waals surface area contributed by atoms with Crippen LogP contribution in [0.5, 0.6) is 0 Å². The highest BCUT2D eigenvalue weighted by molar-refractivity contribution is 6.07. The van der Waals surface area contributed by atoms with Gasteiger partial charge in [-0.15, -0.1) is 0 Å². The molecular formula is C19H20N2O2. The largest absolute Gasteiger partial charge is 0.325 e. The van der Waals surface area contributed by atoms with Crippen molar-refractivity contribution in [3.8, 4) is 0 Å². The molecule has 0 aliphatic carbocycles. The van der Waals surface area contributed by atoms with E-state index in [0.29, 0.717) is 6.54 Å². The quantitative estimate of drug-likeness (QED) is 0.885. The number of hydrogen-bond donors (Lipinski definition) is 1. The summed E-state index contributed by atoms with van der Waals surface area (Å²) in [5, 5.41) is 2.84. The summed E-state index contributed by atoms with van der Waals surface area (Å²) < 4.78 is 0. The summed E-state index contributed by atoms with van der Waals surface area (Å²) in [7, 11) is 0. The van der Waals surface area contributed by atoms with E-state index >= 15 is 0 Å². The molecule has 1 saturated heterocycles. The maximum Gasteiger partial charge on any atom is 0.325 e. The number of nitrogens with one attached hydrogen (secondary N) is 1. The van der Waals surface area contributed by atoms with Gasteiger partial charge in [0.25, 0.3) is 5.91 Å². The van der Waals surface area contributed by atoms with E-state index in [1.165, 1.54) is 4.90 Å². The van der Waals surface area contributed by atoms with Crippen molar-refractivity contribution in [3.63, 3.8) is 0 Å². The second-order valence-electron chi connectivity index (χ2n) is 6.24. The fraction of sp³-hybridized carbons (Fsp3) is 0.263. The average Bonchev–Trinajstić information content (AvgIpc) is 2.74. The number of imide groups is 1. The molecule has 0 bridgehead atoms. The van der Waals surface area contributed by atoms with Gasteiger partial charge in [0.15, 0.2) is 0 Å². The van der Waals surface area contributed by atoms with Crippen molar-refractivity contribution >= 4 is 11.9 Å². The van der Waals surface area contributed by atoms with Crippen LogP contribution in [0.15, 0.2) is 48.5 Å². The molecule has 3 rings (SSSR count). The maximum atomic E-state index is 12.9. The number of amides is 3. The van der Waals surface area contributed by atoms with Gasteiger partial charge in [0.2, 0.25) is 0 Å². The normalized spacial score (nSPS) is 20.7. The van der Waals surface area contributed by atoms with Gasteiger partial charge in [0.1, 0.15) is 5.54 Å². The molecule has 4 nitrogen and oxygen atoms in total. The molecule has 1 N–H and O–H groups in total. The fourth-order valence-electron chi connectivity index (χ4n) is 2.88. The zero-order valence-corrected chi connectivity index (χ0v) is 13.6. The molecule has 0 unspecified atom stereocenters. The zero-order valence-electron chi connectivity index (χ0n) is 13.6. The van der Waals surface area contributed by atoms with E-state index in [2.05, 4.69) is 5.32 Å². The number of benzene rings is 2. The van der Waals surface area contributed by atoms with Crippen molar-refractivity contribution in [2.24, 2.45) is 0 Å². The number of nitrogens with zero attached hydrogens (tertiary/aromatic N) is 1. The lowest BCUT2D eigenvalue weighted by atomic mass is 9.91. The summed E-state index contributed by atoms with van der Waals surface area (Å²) in [6.45, 7) is 6.02. The minimum absolute atomic E-state index is 0.213. The molecule has 1 fully saturated rings. The zero-order chi connectivity index (χ0) is 16.6. The highest BCUT2D eigenvalue weighted by Crippen LogP contribution is 2.30. The van der Waals surface area contributed by atoms with Crippen LogP contribution in [0.2, 0.25) is 0 Å². The molecule has 0 spiro atoms. The lowest BCUT2D eigenvalue weighted by Crippen LogP contribution is -2.40. The van der Waals surface area contributed by atoms with Crippen LogP contribution < -0.4 is 5.32 Å². The minimum atomic E-state index is -1.01. The summed E-state index contributed by atoms with van der Waals surface area (Å²) in [5.41, 5.74) is 2.95. The summed E-state index contributed by atoms with van der Waals surface area (Å²) >= 11 is 0. The number of carbonyl (C=O) groups is 2. The van der Waals surface area contributed by atoms with Gasteiger partial charge in [-0.3, -0.25) is 9.69 Å². The molecule has 1 atom stereocenters. The Labute approximate surface area is 136 Å². The SMILES string of the molecule is Cc1ccc([C@@]2(C)NC(=O)N(Cc3ccccc3C)C2=O)cc1. The Bertz CT molecular complexity index is 767. The standard InChI is InChI=1S/C19H20N2O2/c1-13-8-10-16(11-9-13)19(3)17(22)21(18(23)20-19)12-15-7-5-4-6-14(15)2/h4-11H,12H2,1-3H3,(H,20,23)/t19-/m1/s1. The molecule has 0 saturated carbocycles. The van der Waals surface area contributed by atoms with Gasteiger partial charge in [-0.05, 0) is 37.5 Å². The Morgan fingerprint density at radius 1 is 1.00 bits per heavy atom. The first kappa shape index (κ1) is 15.3. The van der Waals surface area contributed by atoms with Crippen LogP contribution in [0.3, 0.4) is 0 Å². The van der Waals surface area contributed by atoms with Gasteiger partial charge in [-0.2, -0.15) is 0 Å². The first-order valence-corrected chi connectivity index (χ1v) is 7.67. The van der Waals surface area contributed by atoms with E-state index in [-0.39, 0.29) is 11.9 Å². The molecule has 1 aliphatic heterocycles. The van der Waals surface area contributed by atoms with Crippen molar-refractivity contribution in [3.05, 3.63) is 70.8 Å². The molecule has 4 heteroatoms. The first-order chi connectivity index (χ1) is 10.9. The third-order valence-corrected chi connectivity index (χ3v) is 4.49. The molecule has 1 aliphatic rings. The third kappa shape index (κ3) is 2.61. The van der Waals surface area contributed by atoms with Crippen molar-refractivity contribution in [1.29, 1.82) is 0 Å². The molecule has 1 heterocycles. The summed E-state index contributed by atoms with van der Waals surface area (Å²) in [6, 6.07) is 15.1. The van der Waals surface area contributed by atoms with Gasteiger partial charge >= 0.3 is 6.03 Å². The van der Waals surface area contributed by atoms with Gasteiger partial charge in [-0.25, -0.2) is 4.79 Å². The summed E-state index contributed by atoms with van der Waals surface area (Å²) in [5.74, 6) is -0.213. The Morgan fingerprint density at radius 3 is 2.30 bits per heavy atom. The molecule has 0 radical (unpaired) electrons. The molecule has 3 amide bonds. The summed E-state index contributed by atoms with van der Waals surface area (Å²) in [6.07, 6.45) is 0. The van der Waals surface area contributed by atoms with E-state index in [1.807, 2.05) is 62.4 Å². The van der Waals surface area contributed by atoms with Crippen molar-refractivity contribution in [2.75, 3.05) is 0 Å². The number of aryl methyl sites for hydroxylation is 2. The van der Waals surface area contributed by atoms with E-state index in [0.717, 1.165) is 22.3 Å². The molecule has 0 aromatic heterocycles. The number of rotatable bonds is 3. The number of urea groups is 1. The average molecular weight is 308 g/mol. The van der Waals surface area contributed by atoms with Crippen LogP contribution in [0.4, 0.5) is 4.79 Å². The highest BCUT2D eigenvalue weighted by Gasteiger charge is 2.48. The predicted molar refractivity (Wildman–Crippen MR) is 88.8 cm³/mol. The van der Waals surface area contributed by atoms with Crippen LogP contribution in [0.1, 0.15) is 29.2 Å². The minimum Gasteiger partial charge on any atom is -0.319 e. The number of carbonyl (C=O) groups excluding carboxylic acids is 2. The molecule has 23 heavy (non-hydrogen) atoms. The van der Waals surface area contributed by atoms with Gasteiger partial charge in [0.05, 0.1) is 6.54 Å². The van der Waals surface area contributed by atoms with Crippen molar-refractivity contribution in [2.45, 2.75) is 32.9 Å². The smallest absolute Gasteiger partial charge is 0.319 e. The van der Waals surface area contributed by atoms with Crippen LogP contribution in [0, 0.1) is 13.8 Å². The number of hydrogen-bond acceptors (Lipinski definition) is 2. The second kappa shape index (κ2) is 5.54. The Hall–Kier alpha value is -2.62. The van der Waals surface area contributed by atoms with E-state index in [1.54, 1.807) is 6.92 Å². The third-order valence-electron chi connectivity index (χ3n) is 4.49. The van der Waals surface area contributed by atoms with Crippen LogP contribution >= 0.6 is 0 Å². The second-order valence-corrected chi connectivity index (χ2v) is 6.24. The lowest BCUT2D eigenvalue weighted by Gasteiger charge is -2.22. The summed E-state index contributed by atoms with van der Waals surface area (Å²) in [4.78, 5) is 26.5. The molecule has 118 valence electrons. The Balaban J connectivity index is 1.90. The predicted octanol–water partition coefficient (Wildman–Crippen LogP) is 3.27. The van der Waals surface area contributed by atoms with E-state index in [4.69, 9.17) is 0 Å². The topological polar surface area (TPSA) is 49.4 Å². The van der Waals surface area contributed by atoms with Gasteiger partial charge < -0.3 is 5.32 Å². The van der Waals surface area contributed by atoms with Gasteiger partial charge in [-0.1, -0.05) is 54.1 Å². The van der Waals surface area contributed by atoms with Gasteiger partial charge in [0, 0.05) is 0 Å². The van der Waals surface area contributed by atoms with E-state index < -0.39 is 5.54 Å². The Morgan fingerprint density at radius 2 is 1.65 bits per heavy atom. The van der Waals surface area contributed by atoms with Crippen molar-refractivity contribution in [1.82, 2.24) is 10.2 Å². The van der Waals surface area contributed by atoms with Crippen LogP contribution in [-0.4, -0.2) is 16.8 Å². The monoisotopic (exact) mass is 308 g/mol. The van der Waals surface area contributed by atoms with Crippen LogP contribution in [-0.2, 0) is 16.9 Å². The molecule has 2 aromatic rings. The maximum absolute atomic E-state index is 12.9. The van der Waals surface area contributed by atoms with Crippen LogP contribution in [0.25, 0.3) is 0 Å². The molecule has 2 aromatic carbocycles. The lowest BCUT2D eigenvalue weighted by molar-refractivity contribution is -0.131. The fourth-order valence-corrected chi connectivity index (χ4v) is 2.88. The molecular weight excluding hydrogens is 288 g/mol. The Kier molecular flexibility index (Phi) is 3.68.